The third kappa shape index (κ3) is 3.50. The van der Waals surface area contributed by atoms with Crippen LogP contribution >= 0.6 is 0 Å². The fraction of sp³-hybridized carbons (Fsp3) is 0.737. The Morgan fingerprint density at radius 2 is 1.92 bits per heavy atom. The second-order valence-electron chi connectivity index (χ2n) is 7.81. The van der Waals surface area contributed by atoms with Crippen molar-refractivity contribution < 1.29 is 9.90 Å². The summed E-state index contributed by atoms with van der Waals surface area (Å²) in [6, 6.07) is 2.09. The van der Waals surface area contributed by atoms with E-state index < -0.39 is 0 Å². The lowest BCUT2D eigenvalue weighted by molar-refractivity contribution is -0.137. The van der Waals surface area contributed by atoms with Gasteiger partial charge in [0.05, 0.1) is 6.10 Å². The number of carbonyl (C=O) groups is 1. The van der Waals surface area contributed by atoms with Gasteiger partial charge in [-0.2, -0.15) is 0 Å². The van der Waals surface area contributed by atoms with Gasteiger partial charge in [0, 0.05) is 49.8 Å². The minimum atomic E-state index is -0.173. The molecule has 1 aliphatic heterocycles. The van der Waals surface area contributed by atoms with Crippen molar-refractivity contribution in [2.75, 3.05) is 31.1 Å². The first kappa shape index (κ1) is 16.8. The van der Waals surface area contributed by atoms with Crippen molar-refractivity contribution in [2.24, 2.45) is 5.92 Å². The van der Waals surface area contributed by atoms with Crippen LogP contribution in [0.1, 0.15) is 56.0 Å². The lowest BCUT2D eigenvalue weighted by Crippen LogP contribution is -2.41. The van der Waals surface area contributed by atoms with Gasteiger partial charge in [0.15, 0.2) is 0 Å². The predicted molar refractivity (Wildman–Crippen MR) is 95.5 cm³/mol. The number of hydrogen-bond acceptors (Lipinski definition) is 5. The third-order valence-electron chi connectivity index (χ3n) is 5.96. The van der Waals surface area contributed by atoms with Gasteiger partial charge in [-0.3, -0.25) is 4.79 Å². The molecule has 0 atom stereocenters. The first-order valence-electron chi connectivity index (χ1n) is 9.67. The van der Waals surface area contributed by atoms with Crippen LogP contribution in [-0.2, 0) is 4.79 Å². The molecule has 1 aromatic heterocycles. The van der Waals surface area contributed by atoms with Crippen LogP contribution in [0, 0.1) is 12.8 Å². The molecule has 0 unspecified atom stereocenters. The van der Waals surface area contributed by atoms with E-state index in [0.29, 0.717) is 11.8 Å². The van der Waals surface area contributed by atoms with Gasteiger partial charge in [0.1, 0.15) is 11.6 Å². The summed E-state index contributed by atoms with van der Waals surface area (Å²) in [6.45, 7) is 5.35. The molecule has 2 heterocycles. The summed E-state index contributed by atoms with van der Waals surface area (Å²) in [4.78, 5) is 26.1. The fourth-order valence-electron chi connectivity index (χ4n) is 4.06. The van der Waals surface area contributed by atoms with Crippen molar-refractivity contribution >= 4 is 11.7 Å². The van der Waals surface area contributed by atoms with Crippen LogP contribution in [-0.4, -0.2) is 58.2 Å². The summed E-state index contributed by atoms with van der Waals surface area (Å²) in [5.41, 5.74) is 1.06. The first-order chi connectivity index (χ1) is 12.1. The molecule has 0 aromatic carbocycles. The maximum atomic E-state index is 12.5. The van der Waals surface area contributed by atoms with Gasteiger partial charge in [-0.25, -0.2) is 9.97 Å². The van der Waals surface area contributed by atoms with Gasteiger partial charge >= 0.3 is 0 Å². The van der Waals surface area contributed by atoms with E-state index in [1.54, 1.807) is 0 Å². The smallest absolute Gasteiger partial charge is 0.225 e. The average molecular weight is 344 g/mol. The Kier molecular flexibility index (Phi) is 4.63. The average Bonchev–Trinajstić information content (AvgIpc) is 2.75. The van der Waals surface area contributed by atoms with Crippen molar-refractivity contribution in [3.63, 3.8) is 0 Å². The van der Waals surface area contributed by atoms with Crippen molar-refractivity contribution in [3.05, 3.63) is 17.6 Å². The molecule has 0 radical (unpaired) electrons. The summed E-state index contributed by atoms with van der Waals surface area (Å²) < 4.78 is 0. The molecule has 0 bridgehead atoms. The summed E-state index contributed by atoms with van der Waals surface area (Å²) in [6.07, 6.45) is 5.77. The first-order valence-corrected chi connectivity index (χ1v) is 9.67. The van der Waals surface area contributed by atoms with Crippen molar-refractivity contribution in [1.29, 1.82) is 0 Å². The molecular formula is C19H28N4O2. The van der Waals surface area contributed by atoms with E-state index in [-0.39, 0.29) is 12.0 Å². The van der Waals surface area contributed by atoms with Crippen molar-refractivity contribution in [2.45, 2.75) is 57.5 Å². The van der Waals surface area contributed by atoms with Crippen LogP contribution in [0.15, 0.2) is 6.07 Å². The maximum absolute atomic E-state index is 12.5. The highest BCUT2D eigenvalue weighted by Gasteiger charge is 2.32. The number of nitrogens with zero attached hydrogens (tertiary/aromatic N) is 4. The Balaban J connectivity index is 1.44. The quantitative estimate of drug-likeness (QED) is 0.906. The number of aromatic nitrogens is 2. The number of rotatable bonds is 3. The van der Waals surface area contributed by atoms with Crippen LogP contribution in [0.5, 0.6) is 0 Å². The largest absolute Gasteiger partial charge is 0.393 e. The molecule has 1 amide bonds. The fourth-order valence-corrected chi connectivity index (χ4v) is 4.06. The minimum Gasteiger partial charge on any atom is -0.393 e. The molecule has 0 spiro atoms. The Labute approximate surface area is 149 Å². The molecule has 1 aromatic rings. The molecule has 6 nitrogen and oxygen atoms in total. The zero-order valence-electron chi connectivity index (χ0n) is 15.0. The van der Waals surface area contributed by atoms with E-state index >= 15 is 0 Å². The summed E-state index contributed by atoms with van der Waals surface area (Å²) >= 11 is 0. The Hall–Kier alpha value is -1.69. The molecule has 6 heteroatoms. The van der Waals surface area contributed by atoms with Crippen LogP contribution < -0.4 is 4.90 Å². The predicted octanol–water partition coefficient (Wildman–Crippen LogP) is 1.86. The number of aryl methyl sites for hydroxylation is 1. The molecule has 136 valence electrons. The van der Waals surface area contributed by atoms with Crippen LogP contribution in [0.4, 0.5) is 5.82 Å². The van der Waals surface area contributed by atoms with Crippen LogP contribution in [0.3, 0.4) is 0 Å². The van der Waals surface area contributed by atoms with Gasteiger partial charge in [-0.05, 0) is 39.0 Å². The van der Waals surface area contributed by atoms with E-state index in [9.17, 15) is 9.90 Å². The van der Waals surface area contributed by atoms with Gasteiger partial charge in [-0.1, -0.05) is 6.42 Å². The second kappa shape index (κ2) is 6.90. The number of anilines is 1. The van der Waals surface area contributed by atoms with Crippen molar-refractivity contribution in [3.8, 4) is 0 Å². The topological polar surface area (TPSA) is 69.6 Å². The van der Waals surface area contributed by atoms with Gasteiger partial charge in [-0.15, -0.1) is 0 Å². The molecule has 25 heavy (non-hydrogen) atoms. The molecule has 1 saturated heterocycles. The van der Waals surface area contributed by atoms with Gasteiger partial charge < -0.3 is 14.9 Å². The summed E-state index contributed by atoms with van der Waals surface area (Å²) in [5, 5.41) is 9.56. The third-order valence-corrected chi connectivity index (χ3v) is 5.96. The van der Waals surface area contributed by atoms with E-state index in [1.807, 2.05) is 6.92 Å². The molecule has 1 N–H and O–H groups in total. The highest BCUT2D eigenvalue weighted by molar-refractivity contribution is 5.79. The number of hydrogen-bond donors (Lipinski definition) is 1. The van der Waals surface area contributed by atoms with Crippen molar-refractivity contribution in [1.82, 2.24) is 14.9 Å². The van der Waals surface area contributed by atoms with Gasteiger partial charge in [0.2, 0.25) is 5.91 Å². The number of aliphatic hydroxyl groups excluding tert-OH is 1. The number of carbonyl (C=O) groups excluding carboxylic acids is 1. The summed E-state index contributed by atoms with van der Waals surface area (Å²) in [7, 11) is 0. The normalized spacial score (nSPS) is 27.4. The molecular weight excluding hydrogens is 316 g/mol. The van der Waals surface area contributed by atoms with E-state index in [2.05, 4.69) is 25.8 Å². The zero-order valence-corrected chi connectivity index (χ0v) is 15.0. The molecule has 4 rings (SSSR count). The van der Waals surface area contributed by atoms with Crippen LogP contribution in [0.25, 0.3) is 0 Å². The highest BCUT2D eigenvalue weighted by Crippen LogP contribution is 2.36. The molecule has 2 saturated carbocycles. The van der Waals surface area contributed by atoms with E-state index in [4.69, 9.17) is 0 Å². The SMILES string of the molecule is Cc1nc(C2CC(O)C2)cc(N2CCCN(C(=O)C3CCC3)CC2)n1. The molecule has 3 aliphatic rings. The Morgan fingerprint density at radius 3 is 2.60 bits per heavy atom. The lowest BCUT2D eigenvalue weighted by atomic mass is 9.80. The lowest BCUT2D eigenvalue weighted by Gasteiger charge is -2.32. The second-order valence-corrected chi connectivity index (χ2v) is 7.81. The zero-order chi connectivity index (χ0) is 17.4. The minimum absolute atomic E-state index is 0.173. The van der Waals surface area contributed by atoms with E-state index in [1.165, 1.54) is 6.42 Å². The maximum Gasteiger partial charge on any atom is 0.225 e. The standard InChI is InChI=1S/C19H28N4O2/c1-13-20-17(15-10-16(24)11-15)12-18(21-13)22-6-3-7-23(9-8-22)19(25)14-4-2-5-14/h12,14-16,24H,2-11H2,1H3. The summed E-state index contributed by atoms with van der Waals surface area (Å²) in [5.74, 6) is 2.77. The van der Waals surface area contributed by atoms with E-state index in [0.717, 1.165) is 75.6 Å². The van der Waals surface area contributed by atoms with Gasteiger partial charge in [0.25, 0.3) is 0 Å². The monoisotopic (exact) mass is 344 g/mol. The highest BCUT2D eigenvalue weighted by atomic mass is 16.3. The van der Waals surface area contributed by atoms with Crippen LogP contribution in [0.2, 0.25) is 0 Å². The molecule has 2 aliphatic carbocycles. The Morgan fingerprint density at radius 1 is 1.12 bits per heavy atom. The molecule has 3 fully saturated rings. The Bertz CT molecular complexity index is 640. The number of amides is 1. The number of aliphatic hydroxyl groups is 1.